The second kappa shape index (κ2) is 10.1. The van der Waals surface area contributed by atoms with Crippen molar-refractivity contribution in [3.63, 3.8) is 0 Å². The van der Waals surface area contributed by atoms with Gasteiger partial charge in [-0.25, -0.2) is 0 Å². The molecule has 1 aliphatic heterocycles. The summed E-state index contributed by atoms with van der Waals surface area (Å²) in [5.41, 5.74) is 7.21. The number of anilines is 1. The standard InChI is InChI=1S/C29H29ClN4O2S/c1-17-15-21(19(3)33(17)24-11-8-9-22(30)18(24)2)28-27(23-10-6-7-14-31-23)32-29(37)34(28)25-13-12-20(35-4)16-26(25)36-5/h6-16,27-28H,1-5H3,(H,32,37). The Hall–Kier alpha value is -3.55. The molecule has 0 radical (unpaired) electrons. The van der Waals surface area contributed by atoms with E-state index >= 15 is 0 Å². The van der Waals surface area contributed by atoms with Crippen LogP contribution in [0.1, 0.15) is 40.3 Å². The molecule has 2 atom stereocenters. The Labute approximate surface area is 227 Å². The molecule has 1 saturated heterocycles. The van der Waals surface area contributed by atoms with Crippen molar-refractivity contribution in [1.29, 1.82) is 0 Å². The molecule has 2 aromatic heterocycles. The lowest BCUT2D eigenvalue weighted by Gasteiger charge is -2.29. The van der Waals surface area contributed by atoms with Crippen LogP contribution in [0.25, 0.3) is 5.69 Å². The lowest BCUT2D eigenvalue weighted by Crippen LogP contribution is -2.30. The first-order valence-electron chi connectivity index (χ1n) is 12.0. The summed E-state index contributed by atoms with van der Waals surface area (Å²) in [7, 11) is 3.30. The molecule has 1 fully saturated rings. The molecule has 6 nitrogen and oxygen atoms in total. The Morgan fingerprint density at radius 3 is 2.46 bits per heavy atom. The van der Waals surface area contributed by atoms with E-state index in [9.17, 15) is 0 Å². The summed E-state index contributed by atoms with van der Waals surface area (Å²) < 4.78 is 13.5. The summed E-state index contributed by atoms with van der Waals surface area (Å²) in [6.07, 6.45) is 1.81. The highest BCUT2D eigenvalue weighted by Crippen LogP contribution is 2.47. The van der Waals surface area contributed by atoms with Gasteiger partial charge < -0.3 is 24.3 Å². The molecular weight excluding hydrogens is 504 g/mol. The van der Waals surface area contributed by atoms with Crippen LogP contribution in [0.4, 0.5) is 5.69 Å². The van der Waals surface area contributed by atoms with Crippen molar-refractivity contribution in [2.45, 2.75) is 32.9 Å². The Morgan fingerprint density at radius 1 is 0.946 bits per heavy atom. The number of pyridine rings is 1. The van der Waals surface area contributed by atoms with Crippen molar-refractivity contribution in [1.82, 2.24) is 14.9 Å². The van der Waals surface area contributed by atoms with Crippen molar-refractivity contribution < 1.29 is 9.47 Å². The van der Waals surface area contributed by atoms with Crippen LogP contribution in [0.5, 0.6) is 11.5 Å². The first-order chi connectivity index (χ1) is 17.8. The molecule has 1 N–H and O–H groups in total. The maximum absolute atomic E-state index is 6.50. The van der Waals surface area contributed by atoms with Gasteiger partial charge in [-0.2, -0.15) is 0 Å². The number of halogens is 1. The number of benzene rings is 2. The molecule has 37 heavy (non-hydrogen) atoms. The van der Waals surface area contributed by atoms with Gasteiger partial charge in [-0.1, -0.05) is 23.7 Å². The third-order valence-electron chi connectivity index (χ3n) is 7.01. The number of nitrogens with zero attached hydrogens (tertiary/aromatic N) is 3. The number of ether oxygens (including phenoxy) is 2. The van der Waals surface area contributed by atoms with E-state index in [4.69, 9.17) is 33.3 Å². The number of aryl methyl sites for hydroxylation is 1. The lowest BCUT2D eigenvalue weighted by atomic mass is 9.96. The summed E-state index contributed by atoms with van der Waals surface area (Å²) in [6, 6.07) is 19.6. The summed E-state index contributed by atoms with van der Waals surface area (Å²) in [5, 5.41) is 4.89. The normalized spacial score (nSPS) is 17.1. The molecule has 190 valence electrons. The van der Waals surface area contributed by atoms with Gasteiger partial charge in [0, 0.05) is 34.4 Å². The lowest BCUT2D eigenvalue weighted by molar-refractivity contribution is 0.394. The van der Waals surface area contributed by atoms with Crippen molar-refractivity contribution in [2.24, 2.45) is 0 Å². The van der Waals surface area contributed by atoms with E-state index in [1.54, 1.807) is 14.2 Å². The van der Waals surface area contributed by atoms with E-state index < -0.39 is 0 Å². The largest absolute Gasteiger partial charge is 0.497 e. The molecule has 1 aliphatic rings. The molecule has 5 rings (SSSR count). The maximum atomic E-state index is 6.50. The molecule has 2 unspecified atom stereocenters. The highest BCUT2D eigenvalue weighted by atomic mass is 35.5. The minimum atomic E-state index is -0.177. The zero-order valence-electron chi connectivity index (χ0n) is 21.4. The van der Waals surface area contributed by atoms with E-state index in [1.807, 2.05) is 61.7 Å². The molecule has 0 spiro atoms. The molecule has 8 heteroatoms. The number of hydrogen-bond donors (Lipinski definition) is 1. The van der Waals surface area contributed by atoms with Gasteiger partial charge in [0.1, 0.15) is 11.5 Å². The van der Waals surface area contributed by atoms with Gasteiger partial charge in [-0.05, 0) is 86.6 Å². The van der Waals surface area contributed by atoms with Crippen LogP contribution >= 0.6 is 23.8 Å². The summed E-state index contributed by atoms with van der Waals surface area (Å²) in [5.74, 6) is 1.39. The Bertz CT molecular complexity index is 1470. The number of hydrogen-bond acceptors (Lipinski definition) is 4. The number of methoxy groups -OCH3 is 2. The molecule has 0 aliphatic carbocycles. The summed E-state index contributed by atoms with van der Waals surface area (Å²) in [4.78, 5) is 6.82. The van der Waals surface area contributed by atoms with Crippen molar-refractivity contribution in [2.75, 3.05) is 19.1 Å². The van der Waals surface area contributed by atoms with E-state index in [-0.39, 0.29) is 12.1 Å². The Kier molecular flexibility index (Phi) is 6.84. The van der Waals surface area contributed by atoms with Crippen molar-refractivity contribution in [3.8, 4) is 17.2 Å². The van der Waals surface area contributed by atoms with Crippen molar-refractivity contribution in [3.05, 3.63) is 100 Å². The molecular formula is C29H29ClN4O2S. The predicted octanol–water partition coefficient (Wildman–Crippen LogP) is 6.65. The highest BCUT2D eigenvalue weighted by molar-refractivity contribution is 7.80. The smallest absolute Gasteiger partial charge is 0.174 e. The van der Waals surface area contributed by atoms with Gasteiger partial charge in [0.2, 0.25) is 0 Å². The van der Waals surface area contributed by atoms with E-state index in [1.165, 1.54) is 0 Å². The second-order valence-corrected chi connectivity index (χ2v) is 9.87. The van der Waals surface area contributed by atoms with Crippen LogP contribution in [-0.2, 0) is 0 Å². The molecule has 4 aromatic rings. The van der Waals surface area contributed by atoms with E-state index in [0.717, 1.165) is 44.6 Å². The second-order valence-electron chi connectivity index (χ2n) is 9.08. The maximum Gasteiger partial charge on any atom is 0.174 e. The van der Waals surface area contributed by atoms with Crippen LogP contribution in [-0.4, -0.2) is 28.9 Å². The van der Waals surface area contributed by atoms with Gasteiger partial charge in [0.25, 0.3) is 0 Å². The van der Waals surface area contributed by atoms with Gasteiger partial charge in [-0.3, -0.25) is 4.98 Å². The molecule has 3 heterocycles. The highest BCUT2D eigenvalue weighted by Gasteiger charge is 2.43. The van der Waals surface area contributed by atoms with E-state index in [2.05, 4.69) is 45.7 Å². The first kappa shape index (κ1) is 25.1. The van der Waals surface area contributed by atoms with Gasteiger partial charge in [-0.15, -0.1) is 0 Å². The summed E-state index contributed by atoms with van der Waals surface area (Å²) in [6.45, 7) is 6.31. The fourth-order valence-electron chi connectivity index (χ4n) is 5.21. The first-order valence-corrected chi connectivity index (χ1v) is 12.8. The molecule has 2 aromatic carbocycles. The van der Waals surface area contributed by atoms with Crippen LogP contribution in [0.2, 0.25) is 5.02 Å². The molecule has 0 bridgehead atoms. The van der Waals surface area contributed by atoms with Crippen LogP contribution < -0.4 is 19.7 Å². The predicted molar refractivity (Wildman–Crippen MR) is 152 cm³/mol. The average Bonchev–Trinajstić information content (AvgIpc) is 3.40. The Balaban J connectivity index is 1.72. The zero-order chi connectivity index (χ0) is 26.3. The van der Waals surface area contributed by atoms with Crippen LogP contribution in [0.15, 0.2) is 66.9 Å². The van der Waals surface area contributed by atoms with Crippen molar-refractivity contribution >= 4 is 34.6 Å². The quantitative estimate of drug-likeness (QED) is 0.281. The van der Waals surface area contributed by atoms with Gasteiger partial charge >= 0.3 is 0 Å². The SMILES string of the molecule is COc1ccc(N2C(=S)NC(c3ccccn3)C2c2cc(C)n(-c3cccc(Cl)c3C)c2C)c(OC)c1. The minimum absolute atomic E-state index is 0.171. The number of thiocarbonyl (C=S) groups is 1. The van der Waals surface area contributed by atoms with Crippen LogP contribution in [0, 0.1) is 20.8 Å². The van der Waals surface area contributed by atoms with Gasteiger partial charge in [0.15, 0.2) is 5.11 Å². The number of nitrogens with one attached hydrogen (secondary N) is 1. The monoisotopic (exact) mass is 532 g/mol. The number of rotatable bonds is 6. The summed E-state index contributed by atoms with van der Waals surface area (Å²) >= 11 is 12.4. The Morgan fingerprint density at radius 2 is 1.76 bits per heavy atom. The average molecular weight is 533 g/mol. The number of aromatic nitrogens is 2. The van der Waals surface area contributed by atoms with Crippen LogP contribution in [0.3, 0.4) is 0 Å². The third kappa shape index (κ3) is 4.32. The molecule has 0 amide bonds. The molecule has 0 saturated carbocycles. The van der Waals surface area contributed by atoms with E-state index in [0.29, 0.717) is 16.6 Å². The minimum Gasteiger partial charge on any atom is -0.497 e. The topological polar surface area (TPSA) is 51.5 Å². The van der Waals surface area contributed by atoms with Gasteiger partial charge in [0.05, 0.1) is 37.7 Å². The zero-order valence-corrected chi connectivity index (χ0v) is 23.0. The fraction of sp³-hybridized carbons (Fsp3) is 0.241. The third-order valence-corrected chi connectivity index (χ3v) is 7.74. The fourth-order valence-corrected chi connectivity index (χ4v) is 5.72.